The van der Waals surface area contributed by atoms with Crippen LogP contribution in [0.5, 0.6) is 5.75 Å². The summed E-state index contributed by atoms with van der Waals surface area (Å²) in [6, 6.07) is 5.80. The van der Waals surface area contributed by atoms with Crippen LogP contribution in [0.4, 0.5) is 0 Å². The second-order valence-corrected chi connectivity index (χ2v) is 5.27. The van der Waals surface area contributed by atoms with E-state index in [0.29, 0.717) is 11.7 Å². The molecule has 0 aliphatic heterocycles. The molecule has 0 fully saturated rings. The number of rotatable bonds is 5. The van der Waals surface area contributed by atoms with Gasteiger partial charge in [0.2, 0.25) is 0 Å². The van der Waals surface area contributed by atoms with Crippen LogP contribution in [0, 0.1) is 5.92 Å². The summed E-state index contributed by atoms with van der Waals surface area (Å²) in [4.78, 5) is 10.6. The lowest BCUT2D eigenvalue weighted by Crippen LogP contribution is -2.20. The third kappa shape index (κ3) is 3.70. The van der Waals surface area contributed by atoms with E-state index in [1.54, 1.807) is 0 Å². The molecule has 1 aliphatic carbocycles. The summed E-state index contributed by atoms with van der Waals surface area (Å²) in [6.07, 6.45) is 3.40. The fourth-order valence-corrected chi connectivity index (χ4v) is 2.81. The molecular weight excluding hydrogens is 244 g/mol. The fraction of sp³-hybridized carbons (Fsp3) is 0.533. The topological polar surface area (TPSA) is 66.8 Å². The first-order valence-corrected chi connectivity index (χ1v) is 6.69. The maximum absolute atomic E-state index is 10.6. The van der Waals surface area contributed by atoms with Crippen LogP contribution >= 0.6 is 0 Å². The van der Waals surface area contributed by atoms with E-state index in [9.17, 15) is 9.90 Å². The molecule has 4 heteroatoms. The molecule has 0 radical (unpaired) electrons. The van der Waals surface area contributed by atoms with E-state index in [0.717, 1.165) is 31.2 Å². The average molecular weight is 264 g/mol. The number of carbonyl (C=O) groups is 1. The maximum atomic E-state index is 10.6. The summed E-state index contributed by atoms with van der Waals surface area (Å²) in [5.41, 5.74) is 2.35. The minimum Gasteiger partial charge on any atom is -0.482 e. The fourth-order valence-electron chi connectivity index (χ4n) is 2.81. The standard InChI is InChI=1S/C15H20O4/c1-10(16)7-11-5-6-13-12(8-11)3-2-4-14(13)19-9-15(17)18/h2-4,10-11,16H,5-9H2,1H3,(H,17,18). The molecule has 2 atom stereocenters. The van der Waals surface area contributed by atoms with Crippen LogP contribution in [-0.4, -0.2) is 28.9 Å². The summed E-state index contributed by atoms with van der Waals surface area (Å²) in [6.45, 7) is 1.52. The first-order chi connectivity index (χ1) is 9.06. The minimum absolute atomic E-state index is 0.266. The van der Waals surface area contributed by atoms with Crippen molar-refractivity contribution in [3.05, 3.63) is 29.3 Å². The van der Waals surface area contributed by atoms with Crippen molar-refractivity contribution in [1.29, 1.82) is 0 Å². The third-order valence-electron chi connectivity index (χ3n) is 3.57. The first kappa shape index (κ1) is 13.9. The Morgan fingerprint density at radius 2 is 2.32 bits per heavy atom. The molecule has 0 saturated heterocycles. The minimum atomic E-state index is -0.958. The summed E-state index contributed by atoms with van der Waals surface area (Å²) < 4.78 is 5.33. The molecule has 0 amide bonds. The summed E-state index contributed by atoms with van der Waals surface area (Å²) in [5, 5.41) is 18.1. The number of aliphatic carboxylic acids is 1. The number of benzene rings is 1. The Balaban J connectivity index is 2.09. The molecule has 19 heavy (non-hydrogen) atoms. The predicted octanol–water partition coefficient (Wildman–Crippen LogP) is 2.03. The van der Waals surface area contributed by atoms with Gasteiger partial charge in [0.05, 0.1) is 6.10 Å². The van der Waals surface area contributed by atoms with E-state index in [-0.39, 0.29) is 12.7 Å². The smallest absolute Gasteiger partial charge is 0.341 e. The van der Waals surface area contributed by atoms with Gasteiger partial charge in [-0.15, -0.1) is 0 Å². The van der Waals surface area contributed by atoms with Crippen LogP contribution in [0.25, 0.3) is 0 Å². The Labute approximate surface area is 113 Å². The maximum Gasteiger partial charge on any atom is 0.341 e. The lowest BCUT2D eigenvalue weighted by molar-refractivity contribution is -0.139. The van der Waals surface area contributed by atoms with Gasteiger partial charge >= 0.3 is 5.97 Å². The highest BCUT2D eigenvalue weighted by atomic mass is 16.5. The quantitative estimate of drug-likeness (QED) is 0.854. The van der Waals surface area contributed by atoms with Gasteiger partial charge in [0.25, 0.3) is 0 Å². The first-order valence-electron chi connectivity index (χ1n) is 6.69. The summed E-state index contributed by atoms with van der Waals surface area (Å²) in [5.74, 6) is 0.234. The molecule has 0 aromatic heterocycles. The van der Waals surface area contributed by atoms with Gasteiger partial charge in [0.1, 0.15) is 5.75 Å². The van der Waals surface area contributed by atoms with E-state index in [4.69, 9.17) is 9.84 Å². The molecule has 2 N–H and O–H groups in total. The van der Waals surface area contributed by atoms with Crippen LogP contribution in [-0.2, 0) is 17.6 Å². The van der Waals surface area contributed by atoms with Gasteiger partial charge < -0.3 is 14.9 Å². The summed E-state index contributed by atoms with van der Waals surface area (Å²) >= 11 is 0. The molecule has 1 aromatic rings. The average Bonchev–Trinajstić information content (AvgIpc) is 2.35. The summed E-state index contributed by atoms with van der Waals surface area (Å²) in [7, 11) is 0. The lowest BCUT2D eigenvalue weighted by atomic mass is 9.81. The van der Waals surface area contributed by atoms with Crippen LogP contribution < -0.4 is 4.74 Å². The van der Waals surface area contributed by atoms with Crippen LogP contribution in [0.1, 0.15) is 30.9 Å². The van der Waals surface area contributed by atoms with Gasteiger partial charge in [-0.05, 0) is 55.7 Å². The van der Waals surface area contributed by atoms with E-state index in [1.165, 1.54) is 5.56 Å². The molecule has 1 aromatic carbocycles. The van der Waals surface area contributed by atoms with Crippen LogP contribution in [0.15, 0.2) is 18.2 Å². The van der Waals surface area contributed by atoms with Crippen LogP contribution in [0.2, 0.25) is 0 Å². The molecule has 104 valence electrons. The Kier molecular flexibility index (Phi) is 4.43. The highest BCUT2D eigenvalue weighted by molar-refractivity contribution is 5.68. The van der Waals surface area contributed by atoms with Crippen molar-refractivity contribution in [2.24, 2.45) is 5.92 Å². The molecule has 0 spiro atoms. The normalized spacial score (nSPS) is 19.6. The number of carboxylic acids is 1. The third-order valence-corrected chi connectivity index (χ3v) is 3.57. The van der Waals surface area contributed by atoms with Gasteiger partial charge in [-0.2, -0.15) is 0 Å². The van der Waals surface area contributed by atoms with Crippen molar-refractivity contribution >= 4 is 5.97 Å². The zero-order valence-electron chi connectivity index (χ0n) is 11.1. The van der Waals surface area contributed by atoms with Crippen molar-refractivity contribution in [3.8, 4) is 5.75 Å². The van der Waals surface area contributed by atoms with Crippen LogP contribution in [0.3, 0.4) is 0 Å². The molecule has 4 nitrogen and oxygen atoms in total. The van der Waals surface area contributed by atoms with E-state index in [1.807, 2.05) is 19.1 Å². The van der Waals surface area contributed by atoms with Crippen molar-refractivity contribution in [3.63, 3.8) is 0 Å². The van der Waals surface area contributed by atoms with Gasteiger partial charge in [-0.3, -0.25) is 0 Å². The Bertz CT molecular complexity index is 453. The number of hydrogen-bond acceptors (Lipinski definition) is 3. The Hall–Kier alpha value is -1.55. The molecule has 1 aliphatic rings. The number of aliphatic hydroxyl groups is 1. The highest BCUT2D eigenvalue weighted by Crippen LogP contribution is 2.33. The number of carboxylic acid groups (broad SMARTS) is 1. The van der Waals surface area contributed by atoms with Crippen molar-refractivity contribution in [1.82, 2.24) is 0 Å². The van der Waals surface area contributed by atoms with E-state index in [2.05, 4.69) is 6.07 Å². The zero-order valence-corrected chi connectivity index (χ0v) is 11.1. The van der Waals surface area contributed by atoms with Gasteiger partial charge in [0.15, 0.2) is 6.61 Å². The highest BCUT2D eigenvalue weighted by Gasteiger charge is 2.22. The van der Waals surface area contributed by atoms with E-state index < -0.39 is 5.97 Å². The number of hydrogen-bond donors (Lipinski definition) is 2. The van der Waals surface area contributed by atoms with Gasteiger partial charge in [-0.1, -0.05) is 12.1 Å². The Morgan fingerprint density at radius 3 is 3.00 bits per heavy atom. The Morgan fingerprint density at radius 1 is 1.53 bits per heavy atom. The molecule has 2 rings (SSSR count). The van der Waals surface area contributed by atoms with Crippen molar-refractivity contribution in [2.45, 2.75) is 38.7 Å². The van der Waals surface area contributed by atoms with Crippen molar-refractivity contribution in [2.75, 3.05) is 6.61 Å². The van der Waals surface area contributed by atoms with Crippen molar-refractivity contribution < 1.29 is 19.7 Å². The second kappa shape index (κ2) is 6.06. The van der Waals surface area contributed by atoms with E-state index >= 15 is 0 Å². The molecule has 0 saturated carbocycles. The largest absolute Gasteiger partial charge is 0.482 e. The number of fused-ring (bicyclic) bond motifs is 1. The monoisotopic (exact) mass is 264 g/mol. The lowest BCUT2D eigenvalue weighted by Gasteiger charge is -2.26. The molecule has 0 bridgehead atoms. The number of aliphatic hydroxyl groups excluding tert-OH is 1. The second-order valence-electron chi connectivity index (χ2n) is 5.27. The predicted molar refractivity (Wildman–Crippen MR) is 71.4 cm³/mol. The SMILES string of the molecule is CC(O)CC1CCc2c(cccc2OCC(=O)O)C1. The molecule has 2 unspecified atom stereocenters. The molecular formula is C15H20O4. The van der Waals surface area contributed by atoms with Gasteiger partial charge in [-0.25, -0.2) is 4.79 Å². The zero-order chi connectivity index (χ0) is 13.8. The molecule has 0 heterocycles. The number of ether oxygens (including phenoxy) is 1. The van der Waals surface area contributed by atoms with Gasteiger partial charge in [0, 0.05) is 0 Å².